The molecule has 1 aliphatic carbocycles. The van der Waals surface area contributed by atoms with Gasteiger partial charge in [-0.05, 0) is 44.7 Å². The molecule has 0 amide bonds. The summed E-state index contributed by atoms with van der Waals surface area (Å²) in [5.41, 5.74) is 0. The predicted molar refractivity (Wildman–Crippen MR) is 108 cm³/mol. The van der Waals surface area contributed by atoms with E-state index in [1.165, 1.54) is 44.8 Å². The molecule has 1 aromatic carbocycles. The molecule has 5 nitrogen and oxygen atoms in total. The minimum absolute atomic E-state index is 0.162. The Morgan fingerprint density at radius 1 is 1.22 bits per heavy atom. The molecule has 1 saturated heterocycles. The first kappa shape index (κ1) is 19.9. The number of aliphatic imine (C=N–C) groups is 1. The van der Waals surface area contributed by atoms with Crippen LogP contribution in [0.15, 0.2) is 29.3 Å². The van der Waals surface area contributed by atoms with Crippen LogP contribution in [0.2, 0.25) is 0 Å². The van der Waals surface area contributed by atoms with Crippen molar-refractivity contribution < 1.29 is 9.13 Å². The Kier molecular flexibility index (Phi) is 7.33. The second-order valence-electron chi connectivity index (χ2n) is 7.70. The van der Waals surface area contributed by atoms with E-state index in [0.29, 0.717) is 12.6 Å². The summed E-state index contributed by atoms with van der Waals surface area (Å²) in [6.07, 6.45) is 7.68. The molecule has 6 heteroatoms. The Balaban J connectivity index is 1.38. The monoisotopic (exact) mass is 376 g/mol. The van der Waals surface area contributed by atoms with Gasteiger partial charge in [0.25, 0.3) is 0 Å². The van der Waals surface area contributed by atoms with Crippen LogP contribution in [0, 0.1) is 5.82 Å². The maximum Gasteiger partial charge on any atom is 0.191 e. The fourth-order valence-electron chi connectivity index (χ4n) is 4.11. The van der Waals surface area contributed by atoms with Crippen LogP contribution in [0.3, 0.4) is 0 Å². The van der Waals surface area contributed by atoms with Crippen molar-refractivity contribution in [2.75, 3.05) is 26.7 Å². The Morgan fingerprint density at radius 3 is 2.59 bits per heavy atom. The van der Waals surface area contributed by atoms with Gasteiger partial charge in [0, 0.05) is 32.2 Å². The van der Waals surface area contributed by atoms with Crippen molar-refractivity contribution in [2.45, 2.75) is 63.6 Å². The fraction of sp³-hybridized carbons (Fsp3) is 0.667. The molecular formula is C21H33FN4O. The highest BCUT2D eigenvalue weighted by molar-refractivity contribution is 5.80. The van der Waals surface area contributed by atoms with Gasteiger partial charge < -0.3 is 20.3 Å². The summed E-state index contributed by atoms with van der Waals surface area (Å²) in [5, 5.41) is 6.83. The molecule has 1 unspecified atom stereocenters. The zero-order chi connectivity index (χ0) is 19.1. The highest BCUT2D eigenvalue weighted by Crippen LogP contribution is 2.26. The van der Waals surface area contributed by atoms with Gasteiger partial charge in [-0.3, -0.25) is 4.99 Å². The van der Waals surface area contributed by atoms with Crippen molar-refractivity contribution in [3.63, 3.8) is 0 Å². The van der Waals surface area contributed by atoms with Crippen molar-refractivity contribution in [3.8, 4) is 5.75 Å². The number of piperidine rings is 1. The quantitative estimate of drug-likeness (QED) is 0.591. The summed E-state index contributed by atoms with van der Waals surface area (Å²) < 4.78 is 19.4. The molecule has 27 heavy (non-hydrogen) atoms. The molecule has 3 rings (SSSR count). The van der Waals surface area contributed by atoms with Crippen molar-refractivity contribution >= 4 is 5.96 Å². The van der Waals surface area contributed by atoms with Crippen LogP contribution in [-0.2, 0) is 0 Å². The molecule has 2 N–H and O–H groups in total. The number of nitrogens with zero attached hydrogens (tertiary/aromatic N) is 2. The highest BCUT2D eigenvalue weighted by atomic mass is 19.1. The molecule has 1 aromatic rings. The second kappa shape index (κ2) is 9.93. The van der Waals surface area contributed by atoms with Crippen molar-refractivity contribution in [1.29, 1.82) is 0 Å². The van der Waals surface area contributed by atoms with E-state index in [1.54, 1.807) is 25.2 Å². The zero-order valence-corrected chi connectivity index (χ0v) is 16.6. The Morgan fingerprint density at radius 2 is 1.93 bits per heavy atom. The number of ether oxygens (including phenoxy) is 1. The first-order valence-corrected chi connectivity index (χ1v) is 10.3. The summed E-state index contributed by atoms with van der Waals surface area (Å²) in [6, 6.07) is 7.77. The van der Waals surface area contributed by atoms with E-state index >= 15 is 0 Å². The van der Waals surface area contributed by atoms with E-state index in [1.807, 2.05) is 6.92 Å². The summed E-state index contributed by atoms with van der Waals surface area (Å²) >= 11 is 0. The number of nitrogens with one attached hydrogen (secondary N) is 2. The van der Waals surface area contributed by atoms with E-state index in [-0.39, 0.29) is 17.7 Å². The molecule has 0 radical (unpaired) electrons. The van der Waals surface area contributed by atoms with Crippen LogP contribution in [0.25, 0.3) is 0 Å². The molecule has 1 atom stereocenters. The van der Waals surface area contributed by atoms with E-state index in [2.05, 4.69) is 20.5 Å². The highest BCUT2D eigenvalue weighted by Gasteiger charge is 2.27. The van der Waals surface area contributed by atoms with Crippen molar-refractivity contribution in [3.05, 3.63) is 30.1 Å². The largest absolute Gasteiger partial charge is 0.486 e. The molecule has 1 heterocycles. The number of halogens is 1. The zero-order valence-electron chi connectivity index (χ0n) is 16.6. The lowest BCUT2D eigenvalue weighted by Crippen LogP contribution is -2.51. The van der Waals surface area contributed by atoms with Crippen LogP contribution >= 0.6 is 0 Å². The number of benzene rings is 1. The van der Waals surface area contributed by atoms with E-state index < -0.39 is 0 Å². The molecule has 1 saturated carbocycles. The van der Waals surface area contributed by atoms with Crippen LogP contribution in [0.4, 0.5) is 4.39 Å². The van der Waals surface area contributed by atoms with Crippen LogP contribution in [0.1, 0.15) is 45.4 Å². The molecule has 2 fully saturated rings. The molecule has 2 aliphatic rings. The predicted octanol–water partition coefficient (Wildman–Crippen LogP) is 3.17. The normalized spacial score (nSPS) is 21.2. The van der Waals surface area contributed by atoms with Crippen molar-refractivity contribution in [1.82, 2.24) is 15.5 Å². The van der Waals surface area contributed by atoms with Gasteiger partial charge in [-0.25, -0.2) is 4.39 Å². The Labute approximate surface area is 162 Å². The van der Waals surface area contributed by atoms with E-state index in [4.69, 9.17) is 4.74 Å². The number of hydrogen-bond acceptors (Lipinski definition) is 3. The summed E-state index contributed by atoms with van der Waals surface area (Å²) in [7, 11) is 1.78. The minimum atomic E-state index is -0.333. The van der Waals surface area contributed by atoms with E-state index in [0.717, 1.165) is 24.8 Å². The second-order valence-corrected chi connectivity index (χ2v) is 7.70. The standard InChI is InChI=1S/C21H33FN4O/c1-16(27-20-10-6-5-9-19(20)22)15-24-21(23-2)25-17-11-13-26(14-12-17)18-7-3-4-8-18/h5-6,9-10,16-18H,3-4,7-8,11-15H2,1-2H3,(H2,23,24,25). The molecule has 150 valence electrons. The molecule has 0 bridgehead atoms. The fourth-order valence-corrected chi connectivity index (χ4v) is 4.11. The molecular weight excluding hydrogens is 343 g/mol. The lowest BCUT2D eigenvalue weighted by molar-refractivity contribution is 0.150. The lowest BCUT2D eigenvalue weighted by atomic mass is 10.0. The van der Waals surface area contributed by atoms with Gasteiger partial charge in [-0.2, -0.15) is 0 Å². The first-order chi connectivity index (χ1) is 13.2. The number of rotatable bonds is 6. The van der Waals surface area contributed by atoms with Crippen LogP contribution in [0.5, 0.6) is 5.75 Å². The Bertz CT molecular complexity index is 610. The van der Waals surface area contributed by atoms with E-state index in [9.17, 15) is 4.39 Å². The molecule has 1 aliphatic heterocycles. The average Bonchev–Trinajstić information content (AvgIpc) is 3.22. The number of likely N-dealkylation sites (tertiary alicyclic amines) is 1. The number of guanidine groups is 1. The first-order valence-electron chi connectivity index (χ1n) is 10.3. The topological polar surface area (TPSA) is 48.9 Å². The SMILES string of the molecule is CN=C(NCC(C)Oc1ccccc1F)NC1CCN(C2CCCC2)CC1. The third-order valence-electron chi connectivity index (χ3n) is 5.66. The lowest BCUT2D eigenvalue weighted by Gasteiger charge is -2.36. The Hall–Kier alpha value is -1.82. The molecule has 0 spiro atoms. The minimum Gasteiger partial charge on any atom is -0.486 e. The van der Waals surface area contributed by atoms with Crippen LogP contribution in [-0.4, -0.2) is 55.7 Å². The number of para-hydroxylation sites is 1. The maximum atomic E-state index is 13.7. The smallest absolute Gasteiger partial charge is 0.191 e. The van der Waals surface area contributed by atoms with Gasteiger partial charge in [-0.1, -0.05) is 25.0 Å². The van der Waals surface area contributed by atoms with Gasteiger partial charge in [0.1, 0.15) is 6.10 Å². The van der Waals surface area contributed by atoms with Crippen LogP contribution < -0.4 is 15.4 Å². The summed E-state index contributed by atoms with van der Waals surface area (Å²) in [4.78, 5) is 7.00. The van der Waals surface area contributed by atoms with Gasteiger partial charge in [0.15, 0.2) is 17.5 Å². The van der Waals surface area contributed by atoms with Gasteiger partial charge in [-0.15, -0.1) is 0 Å². The van der Waals surface area contributed by atoms with Gasteiger partial charge in [0.05, 0.1) is 6.54 Å². The summed E-state index contributed by atoms with van der Waals surface area (Å²) in [5.74, 6) is 0.744. The molecule has 0 aromatic heterocycles. The van der Waals surface area contributed by atoms with Gasteiger partial charge >= 0.3 is 0 Å². The third kappa shape index (κ3) is 5.83. The van der Waals surface area contributed by atoms with Gasteiger partial charge in [0.2, 0.25) is 0 Å². The summed E-state index contributed by atoms with van der Waals surface area (Å²) in [6.45, 7) is 4.83. The maximum absolute atomic E-state index is 13.7. The number of hydrogen-bond donors (Lipinski definition) is 2. The third-order valence-corrected chi connectivity index (χ3v) is 5.66. The average molecular weight is 377 g/mol. The van der Waals surface area contributed by atoms with Crippen molar-refractivity contribution in [2.24, 2.45) is 4.99 Å².